The number of nitrogens with zero attached hydrogens (tertiary/aromatic N) is 4. The number of para-hydroxylation sites is 3. The van der Waals surface area contributed by atoms with E-state index in [-0.39, 0.29) is 33.7 Å². The standard InChI is InChI=1S/C42H38N4O/c1-23(2)32-21-29(28-14-9-8-10-15-28)22-33(24(3)4)39(32)46-36-19-12-11-18-35(36)45-42(46)31-17-13-16-30-38-41(47-40(30)31)34-20-25(5)43-26(6)37(34)27(7)44-38/h8-24H,1-7H3/i5D3,6D3,7D3. The fraction of sp³-hybridized carbons (Fsp3) is 0.214. The van der Waals surface area contributed by atoms with E-state index in [0.29, 0.717) is 22.4 Å². The SMILES string of the molecule is [2H]C([2H])([2H])c1cc2c(c(C([2H])([2H])[2H])n1)c(C([2H])([2H])[2H])nc1c3cccc(-c4nc5ccccc5n4-c4c(C(C)C)cc(-c5ccccc5)cc4C(C)C)c3oc21. The zero-order valence-electron chi connectivity index (χ0n) is 35.5. The number of furan rings is 1. The second-order valence-electron chi connectivity index (χ2n) is 12.6. The minimum atomic E-state index is -2.96. The molecule has 0 radical (unpaired) electrons. The Morgan fingerprint density at radius 2 is 1.38 bits per heavy atom. The molecule has 5 nitrogen and oxygen atoms in total. The Kier molecular flexibility index (Phi) is 4.82. The van der Waals surface area contributed by atoms with Crippen molar-refractivity contribution < 1.29 is 16.8 Å². The van der Waals surface area contributed by atoms with Crippen molar-refractivity contribution in [2.24, 2.45) is 0 Å². The van der Waals surface area contributed by atoms with E-state index < -0.39 is 37.6 Å². The summed E-state index contributed by atoms with van der Waals surface area (Å²) in [4.78, 5) is 13.8. The largest absolute Gasteiger partial charge is 0.453 e. The first-order chi connectivity index (χ1) is 26.3. The van der Waals surface area contributed by atoms with Crippen molar-refractivity contribution in [2.45, 2.75) is 60.1 Å². The minimum absolute atomic E-state index is 0.00952. The monoisotopic (exact) mass is 623 g/mol. The molecule has 0 amide bonds. The van der Waals surface area contributed by atoms with Crippen LogP contribution in [0.25, 0.3) is 72.1 Å². The Morgan fingerprint density at radius 3 is 2.11 bits per heavy atom. The van der Waals surface area contributed by atoms with E-state index >= 15 is 0 Å². The summed E-state index contributed by atoms with van der Waals surface area (Å²) in [5, 5.41) is 0.170. The first kappa shape index (κ1) is 20.8. The Morgan fingerprint density at radius 1 is 0.660 bits per heavy atom. The van der Waals surface area contributed by atoms with Gasteiger partial charge in [0.15, 0.2) is 5.58 Å². The van der Waals surface area contributed by atoms with E-state index in [0.717, 1.165) is 39.0 Å². The van der Waals surface area contributed by atoms with Crippen LogP contribution in [0.15, 0.2) is 95.4 Å². The summed E-state index contributed by atoms with van der Waals surface area (Å²) in [6, 6.07) is 29.3. The predicted molar refractivity (Wildman–Crippen MR) is 195 cm³/mol. The van der Waals surface area contributed by atoms with Crippen LogP contribution in [0.2, 0.25) is 0 Å². The zero-order valence-corrected chi connectivity index (χ0v) is 26.5. The molecule has 0 atom stereocenters. The number of aromatic nitrogens is 4. The fourth-order valence-electron chi connectivity index (χ4n) is 6.76. The van der Waals surface area contributed by atoms with Gasteiger partial charge in [0.25, 0.3) is 0 Å². The summed E-state index contributed by atoms with van der Waals surface area (Å²) in [6.45, 7) is 0.0470. The van der Waals surface area contributed by atoms with Crippen molar-refractivity contribution in [1.29, 1.82) is 0 Å². The molecule has 0 fully saturated rings. The van der Waals surface area contributed by atoms with Crippen molar-refractivity contribution in [3.05, 3.63) is 119 Å². The van der Waals surface area contributed by atoms with Crippen LogP contribution in [0.3, 0.4) is 0 Å². The third kappa shape index (κ3) is 4.56. The molecule has 47 heavy (non-hydrogen) atoms. The van der Waals surface area contributed by atoms with Crippen molar-refractivity contribution in [1.82, 2.24) is 19.5 Å². The third-order valence-corrected chi connectivity index (χ3v) is 8.96. The number of hydrogen-bond donors (Lipinski definition) is 0. The topological polar surface area (TPSA) is 56.7 Å². The number of benzene rings is 4. The van der Waals surface area contributed by atoms with Gasteiger partial charge in [-0.05, 0) is 97.1 Å². The Balaban J connectivity index is 1.51. The maximum Gasteiger partial charge on any atom is 0.161 e. The van der Waals surface area contributed by atoms with E-state index in [9.17, 15) is 0 Å². The predicted octanol–water partition coefficient (Wildman–Crippen LogP) is 11.4. The van der Waals surface area contributed by atoms with Gasteiger partial charge in [0.2, 0.25) is 0 Å². The Bertz CT molecular complexity index is 2800. The van der Waals surface area contributed by atoms with Gasteiger partial charge < -0.3 is 4.42 Å². The molecule has 8 aromatic rings. The van der Waals surface area contributed by atoms with Crippen LogP contribution in [-0.2, 0) is 0 Å². The van der Waals surface area contributed by atoms with Crippen LogP contribution in [0.4, 0.5) is 0 Å². The fourth-order valence-corrected chi connectivity index (χ4v) is 6.76. The number of rotatable bonds is 5. The van der Waals surface area contributed by atoms with E-state index in [1.165, 1.54) is 6.07 Å². The number of imidazole rings is 1. The Hall–Kier alpha value is -5.29. The second-order valence-corrected chi connectivity index (χ2v) is 12.6. The summed E-state index contributed by atoms with van der Waals surface area (Å²) in [5.74, 6) is 0.800. The molecule has 0 aliphatic carbocycles. The highest BCUT2D eigenvalue weighted by Crippen LogP contribution is 2.43. The molecule has 8 rings (SSSR count). The zero-order chi connectivity index (χ0) is 40.1. The van der Waals surface area contributed by atoms with Crippen LogP contribution < -0.4 is 0 Å². The number of fused-ring (bicyclic) bond motifs is 6. The number of hydrogen-bond acceptors (Lipinski definition) is 4. The lowest BCUT2D eigenvalue weighted by molar-refractivity contribution is 0.672. The summed E-state index contributed by atoms with van der Waals surface area (Å²) >= 11 is 0. The van der Waals surface area contributed by atoms with E-state index in [1.54, 1.807) is 6.07 Å². The first-order valence-corrected chi connectivity index (χ1v) is 15.8. The van der Waals surface area contributed by atoms with Crippen molar-refractivity contribution in [3.63, 3.8) is 0 Å². The molecule has 0 bridgehead atoms. The van der Waals surface area contributed by atoms with Gasteiger partial charge in [-0.2, -0.15) is 0 Å². The first-order valence-electron chi connectivity index (χ1n) is 20.3. The minimum Gasteiger partial charge on any atom is -0.453 e. The second kappa shape index (κ2) is 10.9. The summed E-state index contributed by atoms with van der Waals surface area (Å²) < 4.78 is 83.3. The number of pyridine rings is 2. The normalized spacial score (nSPS) is 15.7. The van der Waals surface area contributed by atoms with Crippen LogP contribution in [-0.4, -0.2) is 19.5 Å². The van der Waals surface area contributed by atoms with E-state index in [2.05, 4.69) is 66.5 Å². The lowest BCUT2D eigenvalue weighted by Gasteiger charge is -2.24. The van der Waals surface area contributed by atoms with Crippen LogP contribution >= 0.6 is 0 Å². The van der Waals surface area contributed by atoms with Crippen LogP contribution in [0, 0.1) is 20.6 Å². The van der Waals surface area contributed by atoms with Gasteiger partial charge in [0, 0.05) is 45.6 Å². The average molecular weight is 624 g/mol. The molecule has 0 saturated carbocycles. The lowest BCUT2D eigenvalue weighted by atomic mass is 9.88. The van der Waals surface area contributed by atoms with Gasteiger partial charge in [-0.3, -0.25) is 9.55 Å². The maximum atomic E-state index is 8.41. The molecule has 4 heterocycles. The molecule has 4 aromatic carbocycles. The Labute approximate surface area is 287 Å². The van der Waals surface area contributed by atoms with Crippen molar-refractivity contribution >= 4 is 43.9 Å². The van der Waals surface area contributed by atoms with Gasteiger partial charge in [-0.15, -0.1) is 0 Å². The quantitative estimate of drug-likeness (QED) is 0.191. The van der Waals surface area contributed by atoms with Gasteiger partial charge in [-0.25, -0.2) is 9.97 Å². The molecule has 0 unspecified atom stereocenters. The lowest BCUT2D eigenvalue weighted by Crippen LogP contribution is -2.09. The smallest absolute Gasteiger partial charge is 0.161 e. The summed E-state index contributed by atoms with van der Waals surface area (Å²) in [5.41, 5.74) is 6.53. The summed E-state index contributed by atoms with van der Waals surface area (Å²) in [6.07, 6.45) is 0. The molecule has 0 spiro atoms. The van der Waals surface area contributed by atoms with Gasteiger partial charge in [0.1, 0.15) is 16.9 Å². The molecule has 232 valence electrons. The van der Waals surface area contributed by atoms with E-state index in [1.807, 2.05) is 54.6 Å². The molecular formula is C42H38N4O. The highest BCUT2D eigenvalue weighted by Gasteiger charge is 2.26. The van der Waals surface area contributed by atoms with Crippen LogP contribution in [0.5, 0.6) is 0 Å². The van der Waals surface area contributed by atoms with Crippen LogP contribution in [0.1, 0.15) is 80.1 Å². The molecule has 0 aliphatic rings. The van der Waals surface area contributed by atoms with Crippen molar-refractivity contribution in [2.75, 3.05) is 0 Å². The molecule has 4 aromatic heterocycles. The molecule has 0 N–H and O–H groups in total. The molecular weight excluding hydrogens is 576 g/mol. The highest BCUT2D eigenvalue weighted by atomic mass is 16.3. The van der Waals surface area contributed by atoms with E-state index in [4.69, 9.17) is 21.7 Å². The average Bonchev–Trinajstić information content (AvgIpc) is 3.71. The molecule has 5 heteroatoms. The maximum absolute atomic E-state index is 8.41. The van der Waals surface area contributed by atoms with Gasteiger partial charge in [-0.1, -0.05) is 76.2 Å². The molecule has 0 saturated heterocycles. The van der Waals surface area contributed by atoms with Crippen molar-refractivity contribution in [3.8, 4) is 28.2 Å². The third-order valence-electron chi connectivity index (χ3n) is 8.96. The number of aryl methyl sites for hydroxylation is 3. The highest BCUT2D eigenvalue weighted by molar-refractivity contribution is 6.16. The van der Waals surface area contributed by atoms with Gasteiger partial charge in [0.05, 0.1) is 22.3 Å². The summed E-state index contributed by atoms with van der Waals surface area (Å²) in [7, 11) is 0. The molecule has 0 aliphatic heterocycles. The van der Waals surface area contributed by atoms with Gasteiger partial charge >= 0.3 is 0 Å².